The number of hydrogen-bond donors (Lipinski definition) is 3. The molecule has 0 saturated heterocycles. The van der Waals surface area contributed by atoms with Gasteiger partial charge in [0.2, 0.25) is 5.91 Å². The quantitative estimate of drug-likeness (QED) is 0.352. The first kappa shape index (κ1) is 24.4. The molecule has 1 saturated carbocycles. The fourth-order valence-corrected chi connectivity index (χ4v) is 4.82. The molecule has 35 heavy (non-hydrogen) atoms. The summed E-state index contributed by atoms with van der Waals surface area (Å²) < 4.78 is 5.75. The second-order valence-electron chi connectivity index (χ2n) is 9.08. The summed E-state index contributed by atoms with van der Waals surface area (Å²) in [4.78, 5) is 26.3. The summed E-state index contributed by atoms with van der Waals surface area (Å²) in [6.45, 7) is 3.81. The fraction of sp³-hybridized carbons (Fsp3) is 0.385. The zero-order valence-electron chi connectivity index (χ0n) is 20.0. The molecule has 4 rings (SSSR count). The van der Waals surface area contributed by atoms with Crippen LogP contribution in [0.25, 0.3) is 11.1 Å². The van der Waals surface area contributed by atoms with Crippen molar-refractivity contribution in [3.63, 3.8) is 0 Å². The van der Waals surface area contributed by atoms with Crippen LogP contribution in [0.2, 0.25) is 0 Å². The Balaban J connectivity index is 1.53. The van der Waals surface area contributed by atoms with Gasteiger partial charge in [-0.1, -0.05) is 36.6 Å². The molecule has 184 valence electrons. The molecule has 3 aromatic rings. The van der Waals surface area contributed by atoms with Crippen molar-refractivity contribution in [3.8, 4) is 11.1 Å². The standard InChI is InChI=1S/C26H31N5O4/c1-16-12-13-31(34)17(2)23(16)18-8-10-20(11-9-18)28-26(33)24(19-6-4-3-5-7-19)29-25(32)21-15-35-30-22(21)14-27/h8-13,15,19,24H,3-7,14,27H2,1-2H3,(H,28,33)(H,29,32)/t24-/m0/s1. The van der Waals surface area contributed by atoms with E-state index in [2.05, 4.69) is 15.8 Å². The zero-order valence-corrected chi connectivity index (χ0v) is 20.0. The number of benzene rings is 1. The Hall–Kier alpha value is -3.72. The smallest absolute Gasteiger partial charge is 0.257 e. The molecule has 1 aromatic carbocycles. The average molecular weight is 478 g/mol. The molecular weight excluding hydrogens is 446 g/mol. The van der Waals surface area contributed by atoms with E-state index in [-0.39, 0.29) is 23.9 Å². The normalized spacial score (nSPS) is 14.9. The van der Waals surface area contributed by atoms with E-state index in [0.717, 1.165) is 53.5 Å². The second-order valence-corrected chi connectivity index (χ2v) is 9.08. The largest absolute Gasteiger partial charge is 0.618 e. The molecular formula is C26H31N5O4. The molecule has 0 aliphatic heterocycles. The number of carbonyl (C=O) groups excluding carboxylic acids is 2. The molecule has 1 fully saturated rings. The Kier molecular flexibility index (Phi) is 7.45. The number of nitrogens with zero attached hydrogens (tertiary/aromatic N) is 2. The Morgan fingerprint density at radius 3 is 2.57 bits per heavy atom. The molecule has 4 N–H and O–H groups in total. The molecule has 9 heteroatoms. The summed E-state index contributed by atoms with van der Waals surface area (Å²) in [5.74, 6) is -0.655. The van der Waals surface area contributed by atoms with Crippen LogP contribution >= 0.6 is 0 Å². The van der Waals surface area contributed by atoms with E-state index in [9.17, 15) is 14.8 Å². The number of pyridine rings is 1. The highest BCUT2D eigenvalue weighted by Gasteiger charge is 2.32. The van der Waals surface area contributed by atoms with Gasteiger partial charge in [-0.3, -0.25) is 9.59 Å². The van der Waals surface area contributed by atoms with Crippen molar-refractivity contribution in [1.82, 2.24) is 10.5 Å². The molecule has 1 aliphatic rings. The number of nitrogens with one attached hydrogen (secondary N) is 2. The molecule has 0 spiro atoms. The van der Waals surface area contributed by atoms with Crippen LogP contribution in [0.15, 0.2) is 47.3 Å². The SMILES string of the molecule is Cc1cc[n+]([O-])c(C)c1-c1ccc(NC(=O)[C@@H](NC(=O)c2conc2CN)C2CCCCC2)cc1. The number of nitrogens with two attached hydrogens (primary N) is 1. The van der Waals surface area contributed by atoms with Gasteiger partial charge in [0.25, 0.3) is 5.91 Å². The highest BCUT2D eigenvalue weighted by atomic mass is 16.5. The van der Waals surface area contributed by atoms with E-state index in [1.54, 1.807) is 25.1 Å². The lowest BCUT2D eigenvalue weighted by Crippen LogP contribution is -2.49. The second kappa shape index (κ2) is 10.7. The first-order valence-corrected chi connectivity index (χ1v) is 11.9. The van der Waals surface area contributed by atoms with Crippen LogP contribution in [0.1, 0.15) is 59.4 Å². The van der Waals surface area contributed by atoms with Gasteiger partial charge in [0.1, 0.15) is 23.6 Å². The Labute approximate surface area is 204 Å². The topological polar surface area (TPSA) is 137 Å². The molecule has 2 aromatic heterocycles. The monoisotopic (exact) mass is 477 g/mol. The molecule has 2 heterocycles. The van der Waals surface area contributed by atoms with Crippen molar-refractivity contribution in [2.45, 2.75) is 58.5 Å². The van der Waals surface area contributed by atoms with E-state index >= 15 is 0 Å². The van der Waals surface area contributed by atoms with E-state index in [4.69, 9.17) is 10.3 Å². The number of aromatic nitrogens is 2. The van der Waals surface area contributed by atoms with Crippen molar-refractivity contribution in [2.75, 3.05) is 5.32 Å². The molecule has 0 bridgehead atoms. The van der Waals surface area contributed by atoms with Crippen LogP contribution in [-0.2, 0) is 11.3 Å². The van der Waals surface area contributed by atoms with Gasteiger partial charge in [-0.2, -0.15) is 4.73 Å². The Morgan fingerprint density at radius 2 is 1.89 bits per heavy atom. The van der Waals surface area contributed by atoms with Crippen LogP contribution in [-0.4, -0.2) is 23.0 Å². The highest BCUT2D eigenvalue weighted by Crippen LogP contribution is 2.29. The fourth-order valence-electron chi connectivity index (χ4n) is 4.82. The van der Waals surface area contributed by atoms with E-state index in [0.29, 0.717) is 17.1 Å². The lowest BCUT2D eigenvalue weighted by Gasteiger charge is -2.30. The summed E-state index contributed by atoms with van der Waals surface area (Å²) in [6.07, 6.45) is 7.67. The van der Waals surface area contributed by atoms with Gasteiger partial charge in [0.15, 0.2) is 11.9 Å². The van der Waals surface area contributed by atoms with Gasteiger partial charge in [0.05, 0.1) is 5.56 Å². The minimum Gasteiger partial charge on any atom is -0.618 e. The van der Waals surface area contributed by atoms with Crippen molar-refractivity contribution >= 4 is 17.5 Å². The van der Waals surface area contributed by atoms with Crippen LogP contribution in [0.4, 0.5) is 5.69 Å². The minimum absolute atomic E-state index is 0.0373. The molecule has 1 aliphatic carbocycles. The minimum atomic E-state index is -0.693. The molecule has 2 amide bonds. The van der Waals surface area contributed by atoms with E-state index in [1.807, 2.05) is 19.1 Å². The van der Waals surface area contributed by atoms with Crippen LogP contribution in [0.3, 0.4) is 0 Å². The third kappa shape index (κ3) is 5.35. The predicted octanol–water partition coefficient (Wildman–Crippen LogP) is 3.37. The summed E-state index contributed by atoms with van der Waals surface area (Å²) in [5.41, 5.74) is 10.2. The molecule has 0 unspecified atom stereocenters. The maximum Gasteiger partial charge on any atom is 0.257 e. The number of hydrogen-bond acceptors (Lipinski definition) is 6. The summed E-state index contributed by atoms with van der Waals surface area (Å²) >= 11 is 0. The van der Waals surface area contributed by atoms with Crippen molar-refractivity contribution in [3.05, 3.63) is 70.5 Å². The van der Waals surface area contributed by atoms with Gasteiger partial charge in [-0.15, -0.1) is 0 Å². The van der Waals surface area contributed by atoms with E-state index < -0.39 is 11.9 Å². The number of anilines is 1. The van der Waals surface area contributed by atoms with Gasteiger partial charge in [-0.25, -0.2) is 0 Å². The summed E-state index contributed by atoms with van der Waals surface area (Å²) in [5, 5.41) is 21.6. The lowest BCUT2D eigenvalue weighted by molar-refractivity contribution is -0.611. The van der Waals surface area contributed by atoms with Crippen LogP contribution in [0.5, 0.6) is 0 Å². The van der Waals surface area contributed by atoms with Gasteiger partial charge >= 0.3 is 0 Å². The predicted molar refractivity (Wildman–Crippen MR) is 131 cm³/mol. The maximum absolute atomic E-state index is 13.3. The number of amides is 2. The maximum atomic E-state index is 13.3. The van der Waals surface area contributed by atoms with Gasteiger partial charge < -0.3 is 26.1 Å². The van der Waals surface area contributed by atoms with Gasteiger partial charge in [-0.05, 0) is 48.9 Å². The van der Waals surface area contributed by atoms with Crippen LogP contribution in [0, 0.1) is 25.0 Å². The third-order valence-corrected chi connectivity index (χ3v) is 6.76. The molecule has 9 nitrogen and oxygen atoms in total. The first-order chi connectivity index (χ1) is 16.9. The summed E-state index contributed by atoms with van der Waals surface area (Å²) in [6, 6.07) is 8.46. The Morgan fingerprint density at radius 1 is 1.17 bits per heavy atom. The van der Waals surface area contributed by atoms with Crippen molar-refractivity contribution in [2.24, 2.45) is 11.7 Å². The lowest BCUT2D eigenvalue weighted by atomic mass is 9.83. The third-order valence-electron chi connectivity index (χ3n) is 6.76. The van der Waals surface area contributed by atoms with Crippen molar-refractivity contribution < 1.29 is 18.8 Å². The first-order valence-electron chi connectivity index (χ1n) is 11.9. The average Bonchev–Trinajstić information content (AvgIpc) is 3.35. The highest BCUT2D eigenvalue weighted by molar-refractivity contribution is 6.01. The van der Waals surface area contributed by atoms with Crippen molar-refractivity contribution in [1.29, 1.82) is 0 Å². The number of carbonyl (C=O) groups is 2. The summed E-state index contributed by atoms with van der Waals surface area (Å²) in [7, 11) is 0. The molecule has 1 atom stereocenters. The Bertz CT molecular complexity index is 1200. The zero-order chi connectivity index (χ0) is 24.9. The number of aryl methyl sites for hydroxylation is 1. The van der Waals surface area contributed by atoms with Crippen LogP contribution < -0.4 is 21.1 Å². The molecule has 0 radical (unpaired) electrons. The van der Waals surface area contributed by atoms with E-state index in [1.165, 1.54) is 12.5 Å². The number of rotatable bonds is 7. The van der Waals surface area contributed by atoms with Gasteiger partial charge in [0, 0.05) is 25.2 Å².